The van der Waals surface area contributed by atoms with Gasteiger partial charge in [-0.3, -0.25) is 14.4 Å². The molecule has 0 aromatic carbocycles. The van der Waals surface area contributed by atoms with Gasteiger partial charge in [0.25, 0.3) is 0 Å². The smallest absolute Gasteiger partial charge is 0.373 e. The second-order valence-electron chi connectivity index (χ2n) is 5.02. The Kier molecular flexibility index (Phi) is 11.5. The third kappa shape index (κ3) is 7.52. The predicted molar refractivity (Wildman–Crippen MR) is 91.4 cm³/mol. The molecule has 0 bridgehead atoms. The van der Waals surface area contributed by atoms with E-state index < -0.39 is 20.3 Å². The zero-order chi connectivity index (χ0) is 18.6. The van der Waals surface area contributed by atoms with Gasteiger partial charge in [-0.1, -0.05) is 6.92 Å². The van der Waals surface area contributed by atoms with Gasteiger partial charge in [-0.25, -0.2) is 0 Å². The van der Waals surface area contributed by atoms with E-state index in [9.17, 15) is 14.4 Å². The monoisotopic (exact) mass is 362 g/mol. The van der Waals surface area contributed by atoms with Crippen LogP contribution in [0.25, 0.3) is 0 Å². The maximum Gasteiger partial charge on any atom is 0.511 e. The summed E-state index contributed by atoms with van der Waals surface area (Å²) >= 11 is 0. The van der Waals surface area contributed by atoms with Gasteiger partial charge in [0.2, 0.25) is 11.8 Å². The minimum Gasteiger partial charge on any atom is -0.373 e. The first-order valence-corrected chi connectivity index (χ1v) is 10.1. The molecule has 0 aliphatic carbocycles. The van der Waals surface area contributed by atoms with Crippen LogP contribution in [0.2, 0.25) is 5.54 Å². The summed E-state index contributed by atoms with van der Waals surface area (Å²) in [6.07, 6.45) is 0.493. The van der Waals surface area contributed by atoms with Gasteiger partial charge in [0, 0.05) is 26.7 Å². The predicted octanol–water partition coefficient (Wildman–Crippen LogP) is 0.636. The molecule has 9 heteroatoms. The van der Waals surface area contributed by atoms with Gasteiger partial charge in [-0.2, -0.15) is 0 Å². The number of hydrogen-bond donors (Lipinski definition) is 2. The van der Waals surface area contributed by atoms with Gasteiger partial charge in [0.05, 0.1) is 18.6 Å². The van der Waals surface area contributed by atoms with E-state index in [4.69, 9.17) is 13.3 Å². The molecular formula is C15H30N2O6Si. The zero-order valence-electron chi connectivity index (χ0n) is 15.3. The third-order valence-corrected chi connectivity index (χ3v) is 6.87. The van der Waals surface area contributed by atoms with Gasteiger partial charge in [0.1, 0.15) is 0 Å². The van der Waals surface area contributed by atoms with Gasteiger partial charge in [-0.15, -0.1) is 0 Å². The van der Waals surface area contributed by atoms with Crippen LogP contribution in [0.15, 0.2) is 0 Å². The van der Waals surface area contributed by atoms with Crippen molar-refractivity contribution in [1.82, 2.24) is 10.6 Å². The Balaban J connectivity index is 4.94. The first kappa shape index (κ1) is 22.7. The summed E-state index contributed by atoms with van der Waals surface area (Å²) in [5, 5.41) is 4.88. The highest BCUT2D eigenvalue weighted by Gasteiger charge is 2.51. The summed E-state index contributed by atoms with van der Waals surface area (Å²) in [5.41, 5.74) is -0.543. The van der Waals surface area contributed by atoms with Crippen molar-refractivity contribution in [3.63, 3.8) is 0 Å². The minimum atomic E-state index is -3.17. The average Bonchev–Trinajstić information content (AvgIpc) is 2.52. The summed E-state index contributed by atoms with van der Waals surface area (Å²) in [5.74, 6) is -0.932. The molecule has 2 amide bonds. The zero-order valence-corrected chi connectivity index (χ0v) is 16.3. The molecule has 0 spiro atoms. The molecule has 8 nitrogen and oxygen atoms in total. The third-order valence-electron chi connectivity index (χ3n) is 3.22. The molecule has 0 rings (SSSR count). The van der Waals surface area contributed by atoms with Crippen molar-refractivity contribution in [2.45, 2.75) is 46.6 Å². The van der Waals surface area contributed by atoms with Crippen LogP contribution in [0.5, 0.6) is 0 Å². The lowest BCUT2D eigenvalue weighted by atomic mass is 10.2. The molecule has 0 saturated heterocycles. The highest BCUT2D eigenvalue weighted by molar-refractivity contribution is 6.66. The number of nitrogens with one attached hydrogen (secondary N) is 2. The fourth-order valence-electron chi connectivity index (χ4n) is 2.28. The normalized spacial score (nSPS) is 12.5. The summed E-state index contributed by atoms with van der Waals surface area (Å²) in [7, 11) is -3.17. The second kappa shape index (κ2) is 12.1. The molecule has 0 heterocycles. The van der Waals surface area contributed by atoms with Crippen molar-refractivity contribution in [2.24, 2.45) is 0 Å². The number of ketones is 1. The number of rotatable bonds is 13. The number of hydrogen-bond acceptors (Lipinski definition) is 6. The molecule has 2 N–H and O–H groups in total. The van der Waals surface area contributed by atoms with Crippen LogP contribution in [-0.2, 0) is 27.7 Å². The summed E-state index contributed by atoms with van der Waals surface area (Å²) < 4.78 is 17.3. The van der Waals surface area contributed by atoms with Gasteiger partial charge < -0.3 is 23.9 Å². The molecule has 0 aliphatic heterocycles. The van der Waals surface area contributed by atoms with E-state index in [2.05, 4.69) is 10.6 Å². The lowest BCUT2D eigenvalue weighted by molar-refractivity contribution is -0.127. The number of amides is 2. The Morgan fingerprint density at radius 1 is 0.875 bits per heavy atom. The standard InChI is InChI=1S/C15H30N2O6Si/c1-6-14(24(21-7-2,22-8-3)23-9-4)13(19)10-17-15(20)11-16-12(5)18/h14H,6-11H2,1-5H3,(H,16,18)(H,17,20). The second-order valence-corrected chi connectivity index (χ2v) is 7.79. The Labute approximate surface area is 145 Å². The SMILES string of the molecule is CCO[Si](OCC)(OCC)C(CC)C(=O)CNC(=O)CNC(C)=O. The largest absolute Gasteiger partial charge is 0.511 e. The molecule has 24 heavy (non-hydrogen) atoms. The van der Waals surface area contributed by atoms with Crippen molar-refractivity contribution in [3.8, 4) is 0 Å². The fraction of sp³-hybridized carbons (Fsp3) is 0.800. The van der Waals surface area contributed by atoms with E-state index in [1.165, 1.54) is 6.92 Å². The average molecular weight is 362 g/mol. The lowest BCUT2D eigenvalue weighted by Gasteiger charge is -2.34. The van der Waals surface area contributed by atoms with Crippen LogP contribution < -0.4 is 10.6 Å². The Hall–Kier alpha value is -1.29. The molecule has 0 radical (unpaired) electrons. The van der Waals surface area contributed by atoms with Crippen LogP contribution in [-0.4, -0.2) is 59.3 Å². The Morgan fingerprint density at radius 2 is 1.38 bits per heavy atom. The van der Waals surface area contributed by atoms with Crippen molar-refractivity contribution >= 4 is 26.4 Å². The molecule has 1 unspecified atom stereocenters. The topological polar surface area (TPSA) is 103 Å². The maximum atomic E-state index is 12.6. The van der Waals surface area contributed by atoms with Gasteiger partial charge in [0.15, 0.2) is 5.78 Å². The summed E-state index contributed by atoms with van der Waals surface area (Å²) in [4.78, 5) is 35.0. The quantitative estimate of drug-likeness (QED) is 0.466. The van der Waals surface area contributed by atoms with Crippen molar-refractivity contribution < 1.29 is 27.7 Å². The van der Waals surface area contributed by atoms with E-state index in [0.29, 0.717) is 26.2 Å². The van der Waals surface area contributed by atoms with E-state index in [1.807, 2.05) is 27.7 Å². The maximum absolute atomic E-state index is 12.6. The number of carbonyl (C=O) groups is 3. The Morgan fingerprint density at radius 3 is 1.75 bits per heavy atom. The first-order valence-electron chi connectivity index (χ1n) is 8.32. The van der Waals surface area contributed by atoms with Crippen LogP contribution >= 0.6 is 0 Å². The minimum absolute atomic E-state index is 0.154. The van der Waals surface area contributed by atoms with E-state index in [-0.39, 0.29) is 24.8 Å². The van der Waals surface area contributed by atoms with E-state index >= 15 is 0 Å². The fourth-order valence-corrected chi connectivity index (χ4v) is 5.34. The van der Waals surface area contributed by atoms with Crippen molar-refractivity contribution in [2.75, 3.05) is 32.9 Å². The molecule has 140 valence electrons. The summed E-state index contributed by atoms with van der Waals surface area (Å²) in [6, 6.07) is 0. The molecule has 0 aromatic heterocycles. The molecule has 1 atom stereocenters. The van der Waals surface area contributed by atoms with Gasteiger partial charge >= 0.3 is 8.80 Å². The number of carbonyl (C=O) groups excluding carboxylic acids is 3. The van der Waals surface area contributed by atoms with Crippen molar-refractivity contribution in [1.29, 1.82) is 0 Å². The molecule has 0 aliphatic rings. The molecule has 0 saturated carbocycles. The lowest BCUT2D eigenvalue weighted by Crippen LogP contribution is -2.54. The highest BCUT2D eigenvalue weighted by atomic mass is 28.4. The molecule has 0 aromatic rings. The Bertz CT molecular complexity index is 402. The van der Waals surface area contributed by atoms with E-state index in [1.54, 1.807) is 0 Å². The van der Waals surface area contributed by atoms with Gasteiger partial charge in [-0.05, 0) is 27.2 Å². The van der Waals surface area contributed by atoms with E-state index in [0.717, 1.165) is 0 Å². The van der Waals surface area contributed by atoms with Crippen LogP contribution in [0.1, 0.15) is 41.0 Å². The molecule has 0 fully saturated rings. The summed E-state index contributed by atoms with van der Waals surface area (Å²) in [6.45, 7) is 9.48. The van der Waals surface area contributed by atoms with Crippen LogP contribution in [0, 0.1) is 0 Å². The highest BCUT2D eigenvalue weighted by Crippen LogP contribution is 2.30. The van der Waals surface area contributed by atoms with Crippen LogP contribution in [0.3, 0.4) is 0 Å². The number of Topliss-reactive ketones (excluding diaryl/α,β-unsaturated/α-hetero) is 1. The van der Waals surface area contributed by atoms with Crippen molar-refractivity contribution in [3.05, 3.63) is 0 Å². The molecular weight excluding hydrogens is 332 g/mol. The van der Waals surface area contributed by atoms with Crippen LogP contribution in [0.4, 0.5) is 0 Å². The first-order chi connectivity index (χ1) is 11.4.